The number of ether oxygens (including phenoxy) is 4. The highest BCUT2D eigenvalue weighted by Gasteiger charge is 2.27. The van der Waals surface area contributed by atoms with Crippen LogP contribution in [0.4, 0.5) is 0 Å². The van der Waals surface area contributed by atoms with Gasteiger partial charge in [0.25, 0.3) is 0 Å². The van der Waals surface area contributed by atoms with E-state index < -0.39 is 5.97 Å². The molecule has 1 aliphatic heterocycles. The maximum Gasteiger partial charge on any atom is 0.342 e. The molecule has 1 unspecified atom stereocenters. The monoisotopic (exact) mass is 388 g/mol. The zero-order valence-corrected chi connectivity index (χ0v) is 17.5. The maximum absolute atomic E-state index is 12.8. The normalized spacial score (nSPS) is 16.0. The van der Waals surface area contributed by atoms with E-state index in [4.69, 9.17) is 18.9 Å². The fourth-order valence-corrected chi connectivity index (χ4v) is 2.91. The molecule has 7 nitrogen and oxygen atoms in total. The number of hydrogen-bond acceptors (Lipinski definition) is 7. The van der Waals surface area contributed by atoms with Crippen LogP contribution in [0.1, 0.15) is 33.3 Å². The third-order valence-corrected chi connectivity index (χ3v) is 4.22. The maximum atomic E-state index is 12.8. The Hall–Kier alpha value is -2.96. The standard InChI is InChI=1S/C21H28N2O5/c1-12(2)8-9-28-21(24)18-13(3)22-14(4)23-19(18)15-10-16(25-5)20(27-7)17(11-15)26-6/h8,10-11,14,23H,9H2,1-7H3. The molecule has 0 radical (unpaired) electrons. The SMILES string of the molecule is COc1cc(C2=C(C(=O)OCC=C(C)C)C(C)=NC(C)N2)cc(OC)c1OC. The second-order valence-corrected chi connectivity index (χ2v) is 6.58. The molecule has 0 aliphatic carbocycles. The Labute approximate surface area is 166 Å². The molecule has 0 saturated heterocycles. The zero-order chi connectivity index (χ0) is 20.8. The van der Waals surface area contributed by atoms with Crippen molar-refractivity contribution in [2.45, 2.75) is 33.9 Å². The van der Waals surface area contributed by atoms with Crippen molar-refractivity contribution in [3.05, 3.63) is 34.9 Å². The average molecular weight is 388 g/mol. The van der Waals surface area contributed by atoms with Crippen molar-refractivity contribution in [2.24, 2.45) is 4.99 Å². The Morgan fingerprint density at radius 3 is 2.25 bits per heavy atom. The minimum absolute atomic E-state index is 0.191. The Kier molecular flexibility index (Phi) is 7.09. The van der Waals surface area contributed by atoms with Crippen molar-refractivity contribution in [3.8, 4) is 17.2 Å². The van der Waals surface area contributed by atoms with Gasteiger partial charge in [0.2, 0.25) is 5.75 Å². The smallest absolute Gasteiger partial charge is 0.342 e. The summed E-state index contributed by atoms with van der Waals surface area (Å²) in [6.07, 6.45) is 1.66. The van der Waals surface area contributed by atoms with E-state index in [1.165, 1.54) is 0 Å². The third kappa shape index (κ3) is 4.65. The van der Waals surface area contributed by atoms with Gasteiger partial charge >= 0.3 is 5.97 Å². The second kappa shape index (κ2) is 9.30. The number of nitrogens with one attached hydrogen (secondary N) is 1. The average Bonchev–Trinajstić information content (AvgIpc) is 2.65. The molecule has 1 heterocycles. The van der Waals surface area contributed by atoms with Crippen LogP contribution in [0.15, 0.2) is 34.3 Å². The summed E-state index contributed by atoms with van der Waals surface area (Å²) in [5, 5.41) is 3.26. The zero-order valence-electron chi connectivity index (χ0n) is 17.5. The van der Waals surface area contributed by atoms with Gasteiger partial charge in [-0.1, -0.05) is 5.57 Å². The summed E-state index contributed by atoms with van der Waals surface area (Å²) < 4.78 is 21.7. The molecule has 0 aromatic heterocycles. The molecule has 152 valence electrons. The molecule has 0 bridgehead atoms. The fourth-order valence-electron chi connectivity index (χ4n) is 2.91. The molecule has 1 aliphatic rings. The van der Waals surface area contributed by atoms with Gasteiger partial charge in [-0.05, 0) is 45.9 Å². The molecule has 1 atom stereocenters. The number of aliphatic imine (C=N–C) groups is 1. The van der Waals surface area contributed by atoms with Crippen LogP contribution in [0.3, 0.4) is 0 Å². The van der Waals surface area contributed by atoms with Gasteiger partial charge < -0.3 is 24.3 Å². The lowest BCUT2D eigenvalue weighted by molar-refractivity contribution is -0.137. The summed E-state index contributed by atoms with van der Waals surface area (Å²) in [5.41, 5.74) is 3.39. The highest BCUT2D eigenvalue weighted by atomic mass is 16.5. The van der Waals surface area contributed by atoms with Crippen molar-refractivity contribution in [3.63, 3.8) is 0 Å². The predicted octanol–water partition coefficient (Wildman–Crippen LogP) is 3.34. The Morgan fingerprint density at radius 1 is 1.14 bits per heavy atom. The van der Waals surface area contributed by atoms with E-state index in [1.807, 2.05) is 26.8 Å². The van der Waals surface area contributed by atoms with E-state index >= 15 is 0 Å². The number of benzene rings is 1. The second-order valence-electron chi connectivity index (χ2n) is 6.58. The molecular formula is C21H28N2O5. The van der Waals surface area contributed by atoms with Crippen molar-refractivity contribution < 1.29 is 23.7 Å². The number of carbonyl (C=O) groups is 1. The molecule has 0 fully saturated rings. The summed E-state index contributed by atoms with van der Waals surface area (Å²) in [7, 11) is 4.64. The van der Waals surface area contributed by atoms with E-state index in [0.29, 0.717) is 39.8 Å². The topological polar surface area (TPSA) is 78.4 Å². The number of allylic oxidation sites excluding steroid dienone is 1. The quantitative estimate of drug-likeness (QED) is 0.570. The number of esters is 1. The van der Waals surface area contributed by atoms with Crippen LogP contribution < -0.4 is 19.5 Å². The van der Waals surface area contributed by atoms with Crippen LogP contribution in [0.2, 0.25) is 0 Å². The van der Waals surface area contributed by atoms with Gasteiger partial charge in [-0.3, -0.25) is 4.99 Å². The number of nitrogens with zero attached hydrogens (tertiary/aromatic N) is 1. The first-order chi connectivity index (χ1) is 13.3. The largest absolute Gasteiger partial charge is 0.493 e. The van der Waals surface area contributed by atoms with Crippen molar-refractivity contribution >= 4 is 17.4 Å². The van der Waals surface area contributed by atoms with Gasteiger partial charge in [-0.25, -0.2) is 4.79 Å². The molecule has 0 amide bonds. The lowest BCUT2D eigenvalue weighted by atomic mass is 10.00. The van der Waals surface area contributed by atoms with Crippen LogP contribution in [-0.4, -0.2) is 45.8 Å². The summed E-state index contributed by atoms with van der Waals surface area (Å²) in [6.45, 7) is 7.81. The first-order valence-corrected chi connectivity index (χ1v) is 8.98. The number of methoxy groups -OCH3 is 3. The van der Waals surface area contributed by atoms with Gasteiger partial charge in [0.05, 0.1) is 32.7 Å². The molecule has 1 aromatic rings. The molecule has 1 N–H and O–H groups in total. The summed E-state index contributed by atoms with van der Waals surface area (Å²) >= 11 is 0. The summed E-state index contributed by atoms with van der Waals surface area (Å²) in [6, 6.07) is 3.58. The Morgan fingerprint density at radius 2 is 1.75 bits per heavy atom. The lowest BCUT2D eigenvalue weighted by Crippen LogP contribution is -2.33. The first kappa shape index (κ1) is 21.3. The Bertz CT molecular complexity index is 810. The molecule has 28 heavy (non-hydrogen) atoms. The van der Waals surface area contributed by atoms with Crippen molar-refractivity contribution in [1.82, 2.24) is 5.32 Å². The highest BCUT2D eigenvalue weighted by molar-refractivity contribution is 6.24. The molecule has 7 heteroatoms. The molecular weight excluding hydrogens is 360 g/mol. The predicted molar refractivity (Wildman–Crippen MR) is 109 cm³/mol. The van der Waals surface area contributed by atoms with E-state index in [0.717, 1.165) is 5.57 Å². The van der Waals surface area contributed by atoms with Crippen LogP contribution >= 0.6 is 0 Å². The molecule has 1 aromatic carbocycles. The lowest BCUT2D eigenvalue weighted by Gasteiger charge is -2.25. The minimum Gasteiger partial charge on any atom is -0.493 e. The minimum atomic E-state index is -0.443. The first-order valence-electron chi connectivity index (χ1n) is 8.98. The molecule has 2 rings (SSSR count). The van der Waals surface area contributed by atoms with Crippen LogP contribution in [0.25, 0.3) is 5.70 Å². The van der Waals surface area contributed by atoms with Gasteiger partial charge in [0.1, 0.15) is 18.3 Å². The molecule has 0 saturated carbocycles. The van der Waals surface area contributed by atoms with Crippen LogP contribution in [0, 0.1) is 0 Å². The number of hydrogen-bond donors (Lipinski definition) is 1. The Balaban J connectivity index is 2.57. The van der Waals surface area contributed by atoms with Crippen LogP contribution in [-0.2, 0) is 9.53 Å². The van der Waals surface area contributed by atoms with Gasteiger partial charge in [-0.15, -0.1) is 0 Å². The molecule has 0 spiro atoms. The van der Waals surface area contributed by atoms with Gasteiger partial charge in [0.15, 0.2) is 11.5 Å². The fraction of sp³-hybridized carbons (Fsp3) is 0.429. The summed E-state index contributed by atoms with van der Waals surface area (Å²) in [4.78, 5) is 17.3. The van der Waals surface area contributed by atoms with Crippen molar-refractivity contribution in [1.29, 1.82) is 0 Å². The van der Waals surface area contributed by atoms with Gasteiger partial charge in [-0.2, -0.15) is 0 Å². The van der Waals surface area contributed by atoms with E-state index in [-0.39, 0.29) is 12.8 Å². The number of carbonyl (C=O) groups excluding carboxylic acids is 1. The van der Waals surface area contributed by atoms with Crippen LogP contribution in [0.5, 0.6) is 17.2 Å². The highest BCUT2D eigenvalue weighted by Crippen LogP contribution is 2.40. The van der Waals surface area contributed by atoms with E-state index in [2.05, 4.69) is 10.3 Å². The van der Waals surface area contributed by atoms with E-state index in [1.54, 1.807) is 40.4 Å². The summed E-state index contributed by atoms with van der Waals surface area (Å²) in [5.74, 6) is 1.03. The van der Waals surface area contributed by atoms with Gasteiger partial charge in [0, 0.05) is 5.56 Å². The van der Waals surface area contributed by atoms with Crippen molar-refractivity contribution in [2.75, 3.05) is 27.9 Å². The van der Waals surface area contributed by atoms with E-state index in [9.17, 15) is 4.79 Å². The third-order valence-electron chi connectivity index (χ3n) is 4.22. The number of rotatable bonds is 7.